The number of aromatic nitrogens is 2. The van der Waals surface area contributed by atoms with Crippen LogP contribution in [0.2, 0.25) is 0 Å². The fraction of sp³-hybridized carbons (Fsp3) is 0.150. The van der Waals surface area contributed by atoms with Crippen LogP contribution in [-0.4, -0.2) is 22.4 Å². The lowest BCUT2D eigenvalue weighted by molar-refractivity contribution is 0.0951. The molecule has 0 aliphatic carbocycles. The average molecular weight is 365 g/mol. The van der Waals surface area contributed by atoms with Crippen LogP contribution in [0.3, 0.4) is 0 Å². The zero-order valence-electron chi connectivity index (χ0n) is 14.7. The van der Waals surface area contributed by atoms with Crippen molar-refractivity contribution in [3.05, 3.63) is 83.4 Å². The van der Waals surface area contributed by atoms with Gasteiger partial charge in [0.25, 0.3) is 5.91 Å². The lowest BCUT2D eigenvalue weighted by atomic mass is 10.1. The number of carbonyl (C=O) groups excluding carboxylic acids is 1. The molecule has 4 N–H and O–H groups in total. The van der Waals surface area contributed by atoms with Crippen LogP contribution < -0.4 is 16.4 Å². The number of nitrogens with one attached hydrogen (secondary N) is 2. The summed E-state index contributed by atoms with van der Waals surface area (Å²) in [6.07, 6.45) is 3.96. The minimum atomic E-state index is -0.273. The molecular weight excluding hydrogens is 345 g/mol. The number of halogens is 1. The molecule has 0 aliphatic rings. The zero-order chi connectivity index (χ0) is 19.1. The van der Waals surface area contributed by atoms with E-state index in [2.05, 4.69) is 20.6 Å². The van der Waals surface area contributed by atoms with Gasteiger partial charge in [0.15, 0.2) is 0 Å². The molecule has 0 saturated carbocycles. The van der Waals surface area contributed by atoms with Crippen LogP contribution in [0.4, 0.5) is 16.0 Å². The molecule has 3 aromatic rings. The van der Waals surface area contributed by atoms with E-state index < -0.39 is 0 Å². The van der Waals surface area contributed by atoms with Crippen LogP contribution in [0.1, 0.15) is 21.5 Å². The first-order chi connectivity index (χ1) is 13.1. The quantitative estimate of drug-likeness (QED) is 0.599. The number of nitrogens with zero attached hydrogens (tertiary/aromatic N) is 2. The molecule has 2 aromatic heterocycles. The monoisotopic (exact) mass is 365 g/mol. The predicted molar refractivity (Wildman–Crippen MR) is 103 cm³/mol. The van der Waals surface area contributed by atoms with E-state index >= 15 is 0 Å². The number of benzene rings is 1. The van der Waals surface area contributed by atoms with E-state index in [9.17, 15) is 9.18 Å². The average Bonchev–Trinajstić information content (AvgIpc) is 2.67. The first kappa shape index (κ1) is 18.3. The first-order valence-electron chi connectivity index (χ1n) is 8.54. The number of amides is 1. The van der Waals surface area contributed by atoms with E-state index in [0.29, 0.717) is 36.7 Å². The number of rotatable bonds is 7. The fourth-order valence-corrected chi connectivity index (χ4v) is 2.59. The fourth-order valence-electron chi connectivity index (χ4n) is 2.59. The molecule has 27 heavy (non-hydrogen) atoms. The van der Waals surface area contributed by atoms with Gasteiger partial charge in [0.2, 0.25) is 0 Å². The van der Waals surface area contributed by atoms with Crippen LogP contribution >= 0.6 is 0 Å². The lowest BCUT2D eigenvalue weighted by Gasteiger charge is -2.12. The highest BCUT2D eigenvalue weighted by molar-refractivity contribution is 5.99. The number of nitrogen functional groups attached to an aromatic ring is 1. The van der Waals surface area contributed by atoms with E-state index in [1.807, 2.05) is 18.2 Å². The molecule has 0 fully saturated rings. The largest absolute Gasteiger partial charge is 0.384 e. The summed E-state index contributed by atoms with van der Waals surface area (Å²) in [5, 5.41) is 5.96. The lowest BCUT2D eigenvalue weighted by Crippen LogP contribution is -2.25. The number of carbonyl (C=O) groups is 1. The maximum absolute atomic E-state index is 13.3. The Hall–Kier alpha value is -3.48. The maximum atomic E-state index is 13.3. The van der Waals surface area contributed by atoms with Gasteiger partial charge in [0.05, 0.1) is 5.56 Å². The van der Waals surface area contributed by atoms with Crippen molar-refractivity contribution in [1.29, 1.82) is 0 Å². The zero-order valence-corrected chi connectivity index (χ0v) is 14.7. The van der Waals surface area contributed by atoms with E-state index in [4.69, 9.17) is 5.73 Å². The molecule has 0 spiro atoms. The second kappa shape index (κ2) is 8.75. The summed E-state index contributed by atoms with van der Waals surface area (Å²) in [6.45, 7) is 0.850. The first-order valence-corrected chi connectivity index (χ1v) is 8.54. The highest BCUT2D eigenvalue weighted by atomic mass is 19.1. The predicted octanol–water partition coefficient (Wildman–Crippen LogP) is 2.78. The number of hydrogen-bond acceptors (Lipinski definition) is 5. The SMILES string of the molecule is Nc1ccc(C(=O)NCc2cccnc2)c(NCCc2cccc(F)c2)n1. The van der Waals surface area contributed by atoms with Gasteiger partial charge >= 0.3 is 0 Å². The van der Waals surface area contributed by atoms with Gasteiger partial charge in [-0.15, -0.1) is 0 Å². The van der Waals surface area contributed by atoms with Crippen LogP contribution in [0, 0.1) is 5.82 Å². The summed E-state index contributed by atoms with van der Waals surface area (Å²) in [7, 11) is 0. The van der Waals surface area contributed by atoms with Crippen LogP contribution in [-0.2, 0) is 13.0 Å². The Morgan fingerprint density at radius 3 is 2.74 bits per heavy atom. The van der Waals surface area contributed by atoms with E-state index in [-0.39, 0.29) is 11.7 Å². The van der Waals surface area contributed by atoms with Crippen molar-refractivity contribution >= 4 is 17.5 Å². The Labute approximate surface area is 156 Å². The smallest absolute Gasteiger partial charge is 0.255 e. The van der Waals surface area contributed by atoms with E-state index in [1.54, 1.807) is 30.6 Å². The van der Waals surface area contributed by atoms with E-state index in [1.165, 1.54) is 12.1 Å². The van der Waals surface area contributed by atoms with Gasteiger partial charge in [-0.05, 0) is 47.9 Å². The molecular formula is C20H20FN5O. The van der Waals surface area contributed by atoms with Gasteiger partial charge in [0.1, 0.15) is 17.5 Å². The molecule has 0 radical (unpaired) electrons. The maximum Gasteiger partial charge on any atom is 0.255 e. The Morgan fingerprint density at radius 2 is 1.96 bits per heavy atom. The Balaban J connectivity index is 1.64. The summed E-state index contributed by atoms with van der Waals surface area (Å²) in [5.41, 5.74) is 7.90. The van der Waals surface area contributed by atoms with Crippen LogP contribution in [0.15, 0.2) is 60.9 Å². The Morgan fingerprint density at radius 1 is 1.11 bits per heavy atom. The van der Waals surface area contributed by atoms with Crippen molar-refractivity contribution in [2.45, 2.75) is 13.0 Å². The molecule has 0 atom stereocenters. The second-order valence-corrected chi connectivity index (χ2v) is 5.98. The summed E-state index contributed by atoms with van der Waals surface area (Å²) in [5.74, 6) is 0.173. The summed E-state index contributed by atoms with van der Waals surface area (Å²) in [6, 6.07) is 13.3. The minimum absolute atomic E-state index is 0.264. The molecule has 1 amide bonds. The molecule has 2 heterocycles. The molecule has 6 nitrogen and oxygen atoms in total. The van der Waals surface area contributed by atoms with Gasteiger partial charge in [-0.25, -0.2) is 9.37 Å². The molecule has 138 valence electrons. The topological polar surface area (TPSA) is 92.9 Å². The van der Waals surface area contributed by atoms with Gasteiger partial charge < -0.3 is 16.4 Å². The van der Waals surface area contributed by atoms with Crippen molar-refractivity contribution in [3.8, 4) is 0 Å². The third-order valence-electron chi connectivity index (χ3n) is 3.93. The molecule has 0 saturated heterocycles. The van der Waals surface area contributed by atoms with Crippen LogP contribution in [0.5, 0.6) is 0 Å². The summed E-state index contributed by atoms with van der Waals surface area (Å²) in [4.78, 5) is 20.8. The third-order valence-corrected chi connectivity index (χ3v) is 3.93. The van der Waals surface area contributed by atoms with Crippen LogP contribution in [0.25, 0.3) is 0 Å². The molecule has 0 bridgehead atoms. The Bertz CT molecular complexity index is 917. The minimum Gasteiger partial charge on any atom is -0.384 e. The van der Waals surface area contributed by atoms with Gasteiger partial charge in [0, 0.05) is 25.5 Å². The number of pyridine rings is 2. The van der Waals surface area contributed by atoms with Gasteiger partial charge in [-0.3, -0.25) is 9.78 Å². The molecule has 0 unspecified atom stereocenters. The van der Waals surface area contributed by atoms with E-state index in [0.717, 1.165) is 11.1 Å². The standard InChI is InChI=1S/C20H20FN5O/c21-16-5-1-3-14(11-16)8-10-24-19-17(6-7-18(22)26-19)20(27)25-13-15-4-2-9-23-12-15/h1-7,9,11-12H,8,10,13H2,(H,25,27)(H3,22,24,26). The van der Waals surface area contributed by atoms with Crippen molar-refractivity contribution in [1.82, 2.24) is 15.3 Å². The highest BCUT2D eigenvalue weighted by Gasteiger charge is 2.13. The normalized spacial score (nSPS) is 10.4. The third kappa shape index (κ3) is 5.24. The molecule has 1 aromatic carbocycles. The Kier molecular flexibility index (Phi) is 5.94. The van der Waals surface area contributed by atoms with Gasteiger partial charge in [-0.1, -0.05) is 18.2 Å². The summed E-state index contributed by atoms with van der Waals surface area (Å²) >= 11 is 0. The van der Waals surface area contributed by atoms with Gasteiger partial charge in [-0.2, -0.15) is 0 Å². The number of hydrogen-bond donors (Lipinski definition) is 3. The van der Waals surface area contributed by atoms with Crippen molar-refractivity contribution in [2.24, 2.45) is 0 Å². The number of anilines is 2. The molecule has 0 aliphatic heterocycles. The molecule has 7 heteroatoms. The highest BCUT2D eigenvalue weighted by Crippen LogP contribution is 2.15. The van der Waals surface area contributed by atoms with Crippen molar-refractivity contribution < 1.29 is 9.18 Å². The van der Waals surface area contributed by atoms with Crippen molar-refractivity contribution in [3.63, 3.8) is 0 Å². The second-order valence-electron chi connectivity index (χ2n) is 5.98. The van der Waals surface area contributed by atoms with Crippen molar-refractivity contribution in [2.75, 3.05) is 17.6 Å². The summed E-state index contributed by atoms with van der Waals surface area (Å²) < 4.78 is 13.3. The number of nitrogens with two attached hydrogens (primary N) is 1. The molecule has 3 rings (SSSR count).